The van der Waals surface area contributed by atoms with E-state index in [4.69, 9.17) is 9.47 Å². The van der Waals surface area contributed by atoms with Gasteiger partial charge < -0.3 is 9.47 Å². The molecule has 3 rings (SSSR count). The maximum Gasteiger partial charge on any atom is 0.348 e. The summed E-state index contributed by atoms with van der Waals surface area (Å²) in [6.07, 6.45) is 1.71. The molecule has 5 nitrogen and oxygen atoms in total. The van der Waals surface area contributed by atoms with Crippen molar-refractivity contribution in [1.29, 1.82) is 0 Å². The second kappa shape index (κ2) is 8.54. The van der Waals surface area contributed by atoms with Crippen LogP contribution in [0.5, 0.6) is 0 Å². The van der Waals surface area contributed by atoms with Gasteiger partial charge in [0.05, 0.1) is 18.8 Å². The van der Waals surface area contributed by atoms with E-state index in [1.165, 1.54) is 12.6 Å². The van der Waals surface area contributed by atoms with Gasteiger partial charge in [-0.05, 0) is 36.1 Å². The second-order valence-electron chi connectivity index (χ2n) is 6.28. The molecule has 0 radical (unpaired) electrons. The molecule has 140 valence electrons. The Morgan fingerprint density at radius 3 is 2.37 bits per heavy atom. The van der Waals surface area contributed by atoms with Crippen LogP contribution in [0.2, 0.25) is 0 Å². The Bertz CT molecular complexity index is 880. The highest BCUT2D eigenvalue weighted by atomic mass is 16.5. The van der Waals surface area contributed by atoms with E-state index in [-0.39, 0.29) is 12.2 Å². The van der Waals surface area contributed by atoms with Crippen LogP contribution in [0.4, 0.5) is 0 Å². The largest absolute Gasteiger partial charge is 0.492 e. The second-order valence-corrected chi connectivity index (χ2v) is 6.28. The van der Waals surface area contributed by atoms with Gasteiger partial charge in [0.25, 0.3) is 5.71 Å². The van der Waals surface area contributed by atoms with Crippen LogP contribution in [0, 0.1) is 0 Å². The number of benzene rings is 2. The molecular weight excluding hydrogens is 342 g/mol. The van der Waals surface area contributed by atoms with Crippen LogP contribution >= 0.6 is 0 Å². The minimum absolute atomic E-state index is 0.252. The van der Waals surface area contributed by atoms with Gasteiger partial charge in [0.15, 0.2) is 12.6 Å². The molecule has 0 amide bonds. The van der Waals surface area contributed by atoms with E-state index in [2.05, 4.69) is 12.1 Å². The van der Waals surface area contributed by atoms with E-state index in [9.17, 15) is 10.0 Å². The molecule has 0 aliphatic heterocycles. The molecule has 0 fully saturated rings. The van der Waals surface area contributed by atoms with Crippen molar-refractivity contribution in [3.05, 3.63) is 76.9 Å². The molecule has 1 aliphatic rings. The number of hydrogen-bond donors (Lipinski definition) is 1. The van der Waals surface area contributed by atoms with Gasteiger partial charge in [-0.3, -0.25) is 5.21 Å². The number of hydroxylamine groups is 1. The third kappa shape index (κ3) is 4.03. The van der Waals surface area contributed by atoms with Crippen molar-refractivity contribution in [2.45, 2.75) is 19.8 Å². The summed E-state index contributed by atoms with van der Waals surface area (Å²) in [7, 11) is 1.49. The number of ether oxygens (including phenoxy) is 2. The highest BCUT2D eigenvalue weighted by molar-refractivity contribution is 6.33. The fourth-order valence-corrected chi connectivity index (χ4v) is 3.24. The molecular formula is C22H24NO4+. The number of nitrogens with zero attached hydrogens (tertiary/aromatic N) is 1. The van der Waals surface area contributed by atoms with Crippen molar-refractivity contribution < 1.29 is 24.2 Å². The van der Waals surface area contributed by atoms with Gasteiger partial charge in [0.1, 0.15) is 5.76 Å². The molecule has 0 atom stereocenters. The molecule has 0 aromatic heterocycles. The lowest BCUT2D eigenvalue weighted by molar-refractivity contribution is -0.753. The molecule has 1 N–H and O–H groups in total. The normalized spacial score (nSPS) is 14.7. The lowest BCUT2D eigenvalue weighted by Crippen LogP contribution is -2.22. The smallest absolute Gasteiger partial charge is 0.348 e. The molecule has 2 aromatic rings. The number of aryl methyl sites for hydroxylation is 1. The zero-order chi connectivity index (χ0) is 19.2. The highest BCUT2D eigenvalue weighted by Crippen LogP contribution is 2.34. The van der Waals surface area contributed by atoms with Gasteiger partial charge in [0, 0.05) is 5.56 Å². The summed E-state index contributed by atoms with van der Waals surface area (Å²) < 4.78 is 12.2. The first-order valence-electron chi connectivity index (χ1n) is 9.11. The molecule has 1 aliphatic carbocycles. The van der Waals surface area contributed by atoms with Crippen LogP contribution in [-0.4, -0.2) is 41.9 Å². The van der Waals surface area contributed by atoms with E-state index in [1.807, 2.05) is 42.5 Å². The topological polar surface area (TPSA) is 58.8 Å². The Hall–Kier alpha value is -3.08. The number of carbonyl (C=O) groups is 1. The Morgan fingerprint density at radius 2 is 1.70 bits per heavy atom. The summed E-state index contributed by atoms with van der Waals surface area (Å²) in [4.78, 5) is 12.6. The minimum Gasteiger partial charge on any atom is -0.492 e. The number of hydrogen-bond acceptors (Lipinski definition) is 4. The van der Waals surface area contributed by atoms with Crippen LogP contribution < -0.4 is 0 Å². The number of carbonyl (C=O) groups excluding carboxylic acids is 1. The van der Waals surface area contributed by atoms with Crippen molar-refractivity contribution in [2.75, 3.05) is 20.3 Å². The third-order valence-electron chi connectivity index (χ3n) is 4.39. The van der Waals surface area contributed by atoms with Gasteiger partial charge in [-0.25, -0.2) is 4.79 Å². The predicted molar refractivity (Wildman–Crippen MR) is 103 cm³/mol. The summed E-state index contributed by atoms with van der Waals surface area (Å²) in [5.41, 5.74) is 3.46. The Labute approximate surface area is 159 Å². The van der Waals surface area contributed by atoms with Crippen molar-refractivity contribution >= 4 is 17.4 Å². The van der Waals surface area contributed by atoms with Gasteiger partial charge in [-0.1, -0.05) is 48.5 Å². The summed E-state index contributed by atoms with van der Waals surface area (Å²) in [6, 6.07) is 17.7. The molecule has 0 heterocycles. The van der Waals surface area contributed by atoms with Gasteiger partial charge in [-0.2, -0.15) is 0 Å². The molecule has 0 saturated carbocycles. The first-order valence-corrected chi connectivity index (χ1v) is 9.11. The quantitative estimate of drug-likeness (QED) is 0.268. The van der Waals surface area contributed by atoms with Gasteiger partial charge in [-0.15, -0.1) is 0 Å². The molecule has 0 saturated heterocycles. The summed E-state index contributed by atoms with van der Waals surface area (Å²) in [6.45, 7) is 2.47. The number of esters is 1. The van der Waals surface area contributed by atoms with Crippen LogP contribution in [0.15, 0.2) is 60.2 Å². The fraction of sp³-hybridized carbons (Fsp3) is 0.273. The van der Waals surface area contributed by atoms with Crippen LogP contribution in [0.3, 0.4) is 0 Å². The van der Waals surface area contributed by atoms with Crippen molar-refractivity contribution in [3.63, 3.8) is 0 Å². The van der Waals surface area contributed by atoms with Gasteiger partial charge in [0.2, 0.25) is 0 Å². The third-order valence-corrected chi connectivity index (χ3v) is 4.39. The van der Waals surface area contributed by atoms with E-state index in [0.717, 1.165) is 28.7 Å². The Morgan fingerprint density at radius 1 is 1.04 bits per heavy atom. The lowest BCUT2D eigenvalue weighted by atomic mass is 10.1. The standard InChI is InChI=1S/C22H24NO4/c1-3-26-22(24)19-20(23(2)25)17-13-7-8-14-18(17)21(19)27-15-9-12-16-10-5-4-6-11-16/h4-8,10-11,13-14,25H,3,9,12,15H2,1-2H3/q+1. The van der Waals surface area contributed by atoms with E-state index < -0.39 is 5.97 Å². The van der Waals surface area contributed by atoms with E-state index >= 15 is 0 Å². The van der Waals surface area contributed by atoms with Crippen LogP contribution in [-0.2, 0) is 20.7 Å². The number of rotatable bonds is 7. The van der Waals surface area contributed by atoms with E-state index in [0.29, 0.717) is 18.1 Å². The van der Waals surface area contributed by atoms with Crippen LogP contribution in [0.1, 0.15) is 30.0 Å². The Kier molecular flexibility index (Phi) is 5.91. The SMILES string of the molecule is CCOC(=O)C1=C(OCCCc2ccccc2)c2ccccc2C1=[N+](C)O. The Balaban J connectivity index is 1.85. The highest BCUT2D eigenvalue weighted by Gasteiger charge is 2.41. The first-order chi connectivity index (χ1) is 13.1. The first kappa shape index (κ1) is 18.7. The monoisotopic (exact) mass is 366 g/mol. The predicted octanol–water partition coefficient (Wildman–Crippen LogP) is 3.44. The molecule has 2 aromatic carbocycles. The zero-order valence-electron chi connectivity index (χ0n) is 15.6. The number of fused-ring (bicyclic) bond motifs is 1. The van der Waals surface area contributed by atoms with Crippen molar-refractivity contribution in [1.82, 2.24) is 0 Å². The molecule has 0 bridgehead atoms. The summed E-state index contributed by atoms with van der Waals surface area (Å²) in [5, 5.41) is 10.1. The molecule has 0 unspecified atom stereocenters. The maximum absolute atomic E-state index is 12.6. The maximum atomic E-state index is 12.6. The van der Waals surface area contributed by atoms with Crippen molar-refractivity contribution in [3.8, 4) is 0 Å². The lowest BCUT2D eigenvalue weighted by Gasteiger charge is -2.10. The minimum atomic E-state index is -0.498. The van der Waals surface area contributed by atoms with Gasteiger partial charge >= 0.3 is 5.97 Å². The zero-order valence-corrected chi connectivity index (χ0v) is 15.6. The van der Waals surface area contributed by atoms with Crippen LogP contribution in [0.25, 0.3) is 5.76 Å². The molecule has 0 spiro atoms. The molecule has 5 heteroatoms. The fourth-order valence-electron chi connectivity index (χ4n) is 3.24. The van der Waals surface area contributed by atoms with Crippen molar-refractivity contribution in [2.24, 2.45) is 0 Å². The molecule has 27 heavy (non-hydrogen) atoms. The average Bonchev–Trinajstić information content (AvgIpc) is 3.01. The van der Waals surface area contributed by atoms with E-state index in [1.54, 1.807) is 6.92 Å². The average molecular weight is 366 g/mol. The summed E-state index contributed by atoms with van der Waals surface area (Å²) >= 11 is 0. The summed E-state index contributed by atoms with van der Waals surface area (Å²) in [5.74, 6) is -0.0318.